The number of rotatable bonds is 6. The lowest BCUT2D eigenvalue weighted by molar-refractivity contribution is -0.131. The van der Waals surface area contributed by atoms with E-state index in [-0.39, 0.29) is 18.4 Å². The molecule has 1 aromatic carbocycles. The highest BCUT2D eigenvalue weighted by atomic mass is 16.5. The number of benzene rings is 1. The molecule has 0 aromatic heterocycles. The van der Waals surface area contributed by atoms with Crippen molar-refractivity contribution in [3.8, 4) is 0 Å². The van der Waals surface area contributed by atoms with Gasteiger partial charge in [-0.3, -0.25) is 14.8 Å². The Morgan fingerprint density at radius 2 is 1.88 bits per heavy atom. The highest BCUT2D eigenvalue weighted by Gasteiger charge is 2.33. The molecular formula is C18H23N3O3. The molecule has 24 heavy (non-hydrogen) atoms. The minimum Gasteiger partial charge on any atom is -0.353 e. The molecule has 0 unspecified atom stereocenters. The molecule has 0 heterocycles. The molecule has 1 aromatic rings. The van der Waals surface area contributed by atoms with E-state index in [1.165, 1.54) is 5.48 Å². The maximum atomic E-state index is 12.5. The quantitative estimate of drug-likeness (QED) is 0.358. The van der Waals surface area contributed by atoms with Gasteiger partial charge in [-0.1, -0.05) is 61.6 Å². The van der Waals surface area contributed by atoms with Crippen molar-refractivity contribution in [1.82, 2.24) is 10.8 Å². The van der Waals surface area contributed by atoms with Gasteiger partial charge in [0, 0.05) is 12.5 Å². The minimum absolute atomic E-state index is 0.0449. The number of carbonyl (C=O) groups is 2. The van der Waals surface area contributed by atoms with E-state index in [9.17, 15) is 9.59 Å². The third-order valence-corrected chi connectivity index (χ3v) is 4.32. The van der Waals surface area contributed by atoms with Gasteiger partial charge in [0.15, 0.2) is 0 Å². The predicted octanol–water partition coefficient (Wildman–Crippen LogP) is 1.24. The van der Waals surface area contributed by atoms with E-state index in [0.29, 0.717) is 6.42 Å². The molecule has 1 aliphatic rings. The molecule has 0 fully saturated rings. The molecule has 0 saturated carbocycles. The summed E-state index contributed by atoms with van der Waals surface area (Å²) in [7, 11) is 0. The van der Waals surface area contributed by atoms with Crippen LogP contribution in [0.4, 0.5) is 0 Å². The first kappa shape index (κ1) is 17.9. The maximum Gasteiger partial charge on any atom is 0.262 e. The van der Waals surface area contributed by atoms with Crippen LogP contribution in [0.2, 0.25) is 0 Å². The lowest BCUT2D eigenvalue weighted by Crippen LogP contribution is -2.49. The van der Waals surface area contributed by atoms with Gasteiger partial charge < -0.3 is 11.1 Å². The molecule has 0 radical (unpaired) electrons. The Hall–Kier alpha value is -2.44. The number of allylic oxidation sites excluding steroid dienone is 2. The van der Waals surface area contributed by atoms with E-state index in [2.05, 4.69) is 5.32 Å². The fourth-order valence-corrected chi connectivity index (χ4v) is 2.66. The molecule has 2 amide bonds. The zero-order valence-corrected chi connectivity index (χ0v) is 13.6. The molecule has 1 aliphatic carbocycles. The van der Waals surface area contributed by atoms with Gasteiger partial charge in [0.1, 0.15) is 6.04 Å². The van der Waals surface area contributed by atoms with Crippen LogP contribution in [-0.4, -0.2) is 29.6 Å². The largest absolute Gasteiger partial charge is 0.353 e. The standard InChI is InChI=1S/C18H23N3O3/c1-2-18(17(23)20-12-15(19)16(22)21-24)10-8-14(9-11-18)13-6-4-3-5-7-13/h3-11,14-15,24H,2,12,19H2,1H3,(H,20,23)(H,21,22)/t14?,15-,18?/m1/s1. The second-order valence-corrected chi connectivity index (χ2v) is 5.84. The summed E-state index contributed by atoms with van der Waals surface area (Å²) in [6, 6.07) is 9.03. The summed E-state index contributed by atoms with van der Waals surface area (Å²) in [5, 5.41) is 11.2. The SMILES string of the molecule is CCC1(C(=O)NC[C@@H](N)C(=O)NO)C=CC(c2ccccc2)C=C1. The smallest absolute Gasteiger partial charge is 0.262 e. The summed E-state index contributed by atoms with van der Waals surface area (Å²) < 4.78 is 0. The van der Waals surface area contributed by atoms with Crippen LogP contribution in [0.3, 0.4) is 0 Å². The Morgan fingerprint density at radius 1 is 1.25 bits per heavy atom. The van der Waals surface area contributed by atoms with Crippen molar-refractivity contribution in [2.75, 3.05) is 6.54 Å². The van der Waals surface area contributed by atoms with Crippen molar-refractivity contribution < 1.29 is 14.8 Å². The summed E-state index contributed by atoms with van der Waals surface area (Å²) in [6.45, 7) is 1.88. The van der Waals surface area contributed by atoms with Crippen LogP contribution in [-0.2, 0) is 9.59 Å². The van der Waals surface area contributed by atoms with E-state index in [0.717, 1.165) is 5.56 Å². The predicted molar refractivity (Wildman–Crippen MR) is 91.1 cm³/mol. The highest BCUT2D eigenvalue weighted by Crippen LogP contribution is 2.34. The molecule has 2 rings (SSSR count). The van der Waals surface area contributed by atoms with Gasteiger partial charge in [-0.2, -0.15) is 0 Å². The maximum absolute atomic E-state index is 12.5. The zero-order valence-electron chi connectivity index (χ0n) is 13.6. The van der Waals surface area contributed by atoms with Crippen LogP contribution in [0, 0.1) is 5.41 Å². The monoisotopic (exact) mass is 329 g/mol. The average molecular weight is 329 g/mol. The highest BCUT2D eigenvalue weighted by molar-refractivity contribution is 5.88. The number of amides is 2. The van der Waals surface area contributed by atoms with Gasteiger partial charge in [0.05, 0.1) is 5.41 Å². The van der Waals surface area contributed by atoms with Gasteiger partial charge in [-0.25, -0.2) is 5.48 Å². The number of nitrogens with one attached hydrogen (secondary N) is 2. The molecule has 5 N–H and O–H groups in total. The first-order valence-electron chi connectivity index (χ1n) is 7.94. The fourth-order valence-electron chi connectivity index (χ4n) is 2.66. The normalized spacial score (nSPS) is 23.5. The lowest BCUT2D eigenvalue weighted by Gasteiger charge is -2.29. The molecular weight excluding hydrogens is 306 g/mol. The first-order valence-corrected chi connectivity index (χ1v) is 7.94. The summed E-state index contributed by atoms with van der Waals surface area (Å²) in [4.78, 5) is 23.7. The Balaban J connectivity index is 2.04. The lowest BCUT2D eigenvalue weighted by atomic mass is 9.77. The second-order valence-electron chi connectivity index (χ2n) is 5.84. The number of hydrogen-bond acceptors (Lipinski definition) is 4. The average Bonchev–Trinajstić information content (AvgIpc) is 2.65. The van der Waals surface area contributed by atoms with E-state index >= 15 is 0 Å². The van der Waals surface area contributed by atoms with Crippen molar-refractivity contribution >= 4 is 11.8 Å². The van der Waals surface area contributed by atoms with Crippen molar-refractivity contribution in [3.63, 3.8) is 0 Å². The van der Waals surface area contributed by atoms with Crippen LogP contribution in [0.5, 0.6) is 0 Å². The molecule has 0 bridgehead atoms. The Morgan fingerprint density at radius 3 is 2.42 bits per heavy atom. The Labute approximate surface area is 141 Å². The van der Waals surface area contributed by atoms with Gasteiger partial charge in [-0.05, 0) is 12.0 Å². The first-order chi connectivity index (χ1) is 11.5. The number of hydroxylamine groups is 1. The summed E-state index contributed by atoms with van der Waals surface area (Å²) in [5.74, 6) is -0.814. The van der Waals surface area contributed by atoms with E-state index in [4.69, 9.17) is 10.9 Å². The van der Waals surface area contributed by atoms with Crippen LogP contribution < -0.4 is 16.5 Å². The van der Waals surface area contributed by atoms with Crippen molar-refractivity contribution in [2.45, 2.75) is 25.3 Å². The number of hydrogen-bond donors (Lipinski definition) is 4. The molecule has 6 heteroatoms. The third kappa shape index (κ3) is 3.90. The second kappa shape index (κ2) is 7.90. The van der Waals surface area contributed by atoms with E-state index < -0.39 is 17.4 Å². The Bertz CT molecular complexity index is 626. The zero-order chi connectivity index (χ0) is 17.6. The van der Waals surface area contributed by atoms with Crippen molar-refractivity contribution in [2.24, 2.45) is 11.1 Å². The molecule has 128 valence electrons. The summed E-state index contributed by atoms with van der Waals surface area (Å²) in [5.41, 5.74) is 7.45. The van der Waals surface area contributed by atoms with E-state index in [1.807, 2.05) is 61.6 Å². The Kier molecular flexibility index (Phi) is 5.89. The van der Waals surface area contributed by atoms with E-state index in [1.54, 1.807) is 0 Å². The minimum atomic E-state index is -0.999. The summed E-state index contributed by atoms with van der Waals surface area (Å²) >= 11 is 0. The third-order valence-electron chi connectivity index (χ3n) is 4.32. The van der Waals surface area contributed by atoms with Gasteiger partial charge in [0.25, 0.3) is 5.91 Å². The van der Waals surface area contributed by atoms with Crippen LogP contribution in [0.25, 0.3) is 0 Å². The van der Waals surface area contributed by atoms with Crippen LogP contribution in [0.1, 0.15) is 24.8 Å². The van der Waals surface area contributed by atoms with Crippen molar-refractivity contribution in [3.05, 3.63) is 60.2 Å². The van der Waals surface area contributed by atoms with Crippen LogP contribution in [0.15, 0.2) is 54.6 Å². The summed E-state index contributed by atoms with van der Waals surface area (Å²) in [6.07, 6.45) is 8.42. The molecule has 1 atom stereocenters. The molecule has 0 aliphatic heterocycles. The molecule has 6 nitrogen and oxygen atoms in total. The molecule has 0 saturated heterocycles. The van der Waals surface area contributed by atoms with Gasteiger partial charge in [-0.15, -0.1) is 0 Å². The topological polar surface area (TPSA) is 104 Å². The number of carbonyl (C=O) groups excluding carboxylic acids is 2. The van der Waals surface area contributed by atoms with Gasteiger partial charge >= 0.3 is 0 Å². The fraction of sp³-hybridized carbons (Fsp3) is 0.333. The molecule has 0 spiro atoms. The van der Waals surface area contributed by atoms with Gasteiger partial charge in [0.2, 0.25) is 5.91 Å². The van der Waals surface area contributed by atoms with Crippen LogP contribution >= 0.6 is 0 Å². The number of nitrogens with two attached hydrogens (primary N) is 1. The van der Waals surface area contributed by atoms with Crippen molar-refractivity contribution in [1.29, 1.82) is 0 Å².